The van der Waals surface area contributed by atoms with Crippen molar-refractivity contribution in [2.24, 2.45) is 0 Å². The minimum atomic E-state index is -0.973. The van der Waals surface area contributed by atoms with Gasteiger partial charge in [0.2, 0.25) is 4.96 Å². The topological polar surface area (TPSA) is 79.5 Å². The number of carbonyl (C=O) groups is 1. The van der Waals surface area contributed by atoms with Crippen molar-refractivity contribution in [2.75, 3.05) is 5.32 Å². The van der Waals surface area contributed by atoms with Crippen LogP contribution in [0.1, 0.15) is 10.4 Å². The van der Waals surface area contributed by atoms with Crippen LogP contribution in [0.5, 0.6) is 0 Å². The first-order valence-electron chi connectivity index (χ1n) is 7.31. The van der Waals surface area contributed by atoms with Gasteiger partial charge in [-0.05, 0) is 30.3 Å². The molecule has 2 heterocycles. The van der Waals surface area contributed by atoms with Gasteiger partial charge in [0.15, 0.2) is 5.82 Å². The number of carboxylic acid groups (broad SMARTS) is 1. The molecule has 124 valence electrons. The fourth-order valence-corrected chi connectivity index (χ4v) is 3.46. The fraction of sp³-hybridized carbons (Fsp3) is 0. The summed E-state index contributed by atoms with van der Waals surface area (Å²) in [5.74, 6) is -0.318. The standard InChI is InChI=1S/C17H11ClN4O2S/c18-12-5-1-3-10(7-12)15-21-22-14(9-19-17(22)25-15)20-13-6-2-4-11(8-13)16(23)24/h1-9,20H,(H,23,24). The number of benzene rings is 2. The van der Waals surface area contributed by atoms with Crippen LogP contribution < -0.4 is 5.32 Å². The van der Waals surface area contributed by atoms with Crippen LogP contribution in [0, 0.1) is 0 Å². The van der Waals surface area contributed by atoms with Gasteiger partial charge >= 0.3 is 5.97 Å². The number of nitrogens with one attached hydrogen (secondary N) is 1. The van der Waals surface area contributed by atoms with Crippen LogP contribution >= 0.6 is 22.9 Å². The maximum Gasteiger partial charge on any atom is 0.335 e. The zero-order valence-corrected chi connectivity index (χ0v) is 14.3. The monoisotopic (exact) mass is 370 g/mol. The van der Waals surface area contributed by atoms with E-state index >= 15 is 0 Å². The van der Waals surface area contributed by atoms with E-state index in [2.05, 4.69) is 15.4 Å². The van der Waals surface area contributed by atoms with E-state index in [1.807, 2.05) is 24.3 Å². The largest absolute Gasteiger partial charge is 0.478 e. The third-order valence-corrected chi connectivity index (χ3v) is 4.75. The van der Waals surface area contributed by atoms with Crippen molar-refractivity contribution in [3.05, 3.63) is 65.3 Å². The second-order valence-corrected chi connectivity index (χ2v) is 6.66. The van der Waals surface area contributed by atoms with Crippen LogP contribution in [-0.2, 0) is 0 Å². The number of anilines is 2. The molecule has 2 aromatic heterocycles. The Morgan fingerprint density at radius 2 is 2.04 bits per heavy atom. The average Bonchev–Trinajstić information content (AvgIpc) is 3.17. The first-order chi connectivity index (χ1) is 12.1. The van der Waals surface area contributed by atoms with Crippen LogP contribution in [0.4, 0.5) is 11.5 Å². The van der Waals surface area contributed by atoms with Gasteiger partial charge < -0.3 is 10.4 Å². The van der Waals surface area contributed by atoms with Gasteiger partial charge in [-0.2, -0.15) is 9.61 Å². The number of fused-ring (bicyclic) bond motifs is 1. The quantitative estimate of drug-likeness (QED) is 0.550. The van der Waals surface area contributed by atoms with Crippen molar-refractivity contribution < 1.29 is 9.90 Å². The van der Waals surface area contributed by atoms with E-state index in [1.54, 1.807) is 35.0 Å². The number of hydrogen-bond acceptors (Lipinski definition) is 5. The van der Waals surface area contributed by atoms with Gasteiger partial charge in [0.1, 0.15) is 5.01 Å². The van der Waals surface area contributed by atoms with E-state index < -0.39 is 5.97 Å². The normalized spacial score (nSPS) is 10.9. The predicted molar refractivity (Wildman–Crippen MR) is 98.0 cm³/mol. The second kappa shape index (κ2) is 6.19. The summed E-state index contributed by atoms with van der Waals surface area (Å²) in [5.41, 5.74) is 1.78. The molecule has 0 bridgehead atoms. The summed E-state index contributed by atoms with van der Waals surface area (Å²) in [4.78, 5) is 16.2. The third kappa shape index (κ3) is 3.07. The van der Waals surface area contributed by atoms with Crippen LogP contribution in [0.2, 0.25) is 5.02 Å². The molecule has 6 nitrogen and oxygen atoms in total. The lowest BCUT2D eigenvalue weighted by molar-refractivity contribution is 0.0697. The zero-order chi connectivity index (χ0) is 17.4. The number of hydrogen-bond donors (Lipinski definition) is 2. The lowest BCUT2D eigenvalue weighted by Gasteiger charge is -2.05. The van der Waals surface area contributed by atoms with Crippen molar-refractivity contribution in [2.45, 2.75) is 0 Å². The summed E-state index contributed by atoms with van der Waals surface area (Å²) in [6.07, 6.45) is 1.66. The summed E-state index contributed by atoms with van der Waals surface area (Å²) in [7, 11) is 0. The predicted octanol–water partition coefficient (Wildman–Crippen LogP) is 4.55. The van der Waals surface area contributed by atoms with E-state index in [1.165, 1.54) is 11.3 Å². The molecule has 0 amide bonds. The Morgan fingerprint density at radius 1 is 1.20 bits per heavy atom. The van der Waals surface area contributed by atoms with Gasteiger partial charge in [-0.3, -0.25) is 0 Å². The van der Waals surface area contributed by atoms with Gasteiger partial charge in [0, 0.05) is 16.3 Å². The molecule has 0 atom stereocenters. The van der Waals surface area contributed by atoms with E-state index in [0.29, 0.717) is 16.5 Å². The maximum atomic E-state index is 11.1. The van der Waals surface area contributed by atoms with Crippen LogP contribution in [-0.4, -0.2) is 25.7 Å². The molecule has 0 aliphatic heterocycles. The number of carboxylic acids is 1. The minimum Gasteiger partial charge on any atom is -0.478 e. The van der Waals surface area contributed by atoms with Crippen molar-refractivity contribution in [3.8, 4) is 10.6 Å². The van der Waals surface area contributed by atoms with Gasteiger partial charge in [0.05, 0.1) is 11.8 Å². The molecular weight excluding hydrogens is 360 g/mol. The lowest BCUT2D eigenvalue weighted by Crippen LogP contribution is -1.99. The van der Waals surface area contributed by atoms with Gasteiger partial charge in [-0.15, -0.1) is 0 Å². The molecule has 4 aromatic rings. The number of imidazole rings is 1. The summed E-state index contributed by atoms with van der Waals surface area (Å²) < 4.78 is 1.69. The van der Waals surface area contributed by atoms with E-state index in [0.717, 1.165) is 15.5 Å². The van der Waals surface area contributed by atoms with Gasteiger partial charge in [-0.25, -0.2) is 9.78 Å². The Bertz CT molecular complexity index is 1090. The van der Waals surface area contributed by atoms with Crippen molar-refractivity contribution in [1.82, 2.24) is 14.6 Å². The molecule has 2 N–H and O–H groups in total. The van der Waals surface area contributed by atoms with Gasteiger partial charge in [0.25, 0.3) is 0 Å². The van der Waals surface area contributed by atoms with Crippen molar-refractivity contribution in [3.63, 3.8) is 0 Å². The highest BCUT2D eigenvalue weighted by Gasteiger charge is 2.12. The zero-order valence-electron chi connectivity index (χ0n) is 12.7. The molecule has 0 fully saturated rings. The lowest BCUT2D eigenvalue weighted by atomic mass is 10.2. The number of rotatable bonds is 4. The number of aromatic nitrogens is 3. The first kappa shape index (κ1) is 15.6. The van der Waals surface area contributed by atoms with Crippen molar-refractivity contribution in [1.29, 1.82) is 0 Å². The molecule has 0 saturated carbocycles. The maximum absolute atomic E-state index is 11.1. The molecule has 0 saturated heterocycles. The minimum absolute atomic E-state index is 0.212. The van der Waals surface area contributed by atoms with Crippen molar-refractivity contribution >= 4 is 45.4 Å². The Balaban J connectivity index is 1.69. The third-order valence-electron chi connectivity index (χ3n) is 3.54. The molecular formula is C17H11ClN4O2S. The Morgan fingerprint density at radius 3 is 2.84 bits per heavy atom. The summed E-state index contributed by atoms with van der Waals surface area (Å²) in [6, 6.07) is 14.0. The SMILES string of the molecule is O=C(O)c1cccc(Nc2cnc3sc(-c4cccc(Cl)c4)nn23)c1. The number of aromatic carboxylic acids is 1. The summed E-state index contributed by atoms with van der Waals surface area (Å²) in [6.45, 7) is 0. The van der Waals surface area contributed by atoms with Crippen LogP contribution in [0.25, 0.3) is 15.5 Å². The number of nitrogens with zero attached hydrogens (tertiary/aromatic N) is 3. The molecule has 2 aromatic carbocycles. The second-order valence-electron chi connectivity index (χ2n) is 5.27. The van der Waals surface area contributed by atoms with Gasteiger partial charge in [-0.1, -0.05) is 41.1 Å². The average molecular weight is 371 g/mol. The highest BCUT2D eigenvalue weighted by atomic mass is 35.5. The van der Waals surface area contributed by atoms with E-state index in [9.17, 15) is 4.79 Å². The molecule has 0 spiro atoms. The molecule has 0 unspecified atom stereocenters. The molecule has 4 rings (SSSR count). The molecule has 0 aliphatic rings. The first-order valence-corrected chi connectivity index (χ1v) is 8.50. The Hall–Kier alpha value is -2.90. The molecule has 0 aliphatic carbocycles. The fourth-order valence-electron chi connectivity index (χ4n) is 2.39. The molecule has 8 heteroatoms. The highest BCUT2D eigenvalue weighted by molar-refractivity contribution is 7.19. The number of halogens is 1. The Labute approximate surface area is 151 Å². The van der Waals surface area contributed by atoms with Crippen LogP contribution in [0.3, 0.4) is 0 Å². The van der Waals surface area contributed by atoms with Crippen LogP contribution in [0.15, 0.2) is 54.7 Å². The summed E-state index contributed by atoms with van der Waals surface area (Å²) >= 11 is 7.49. The smallest absolute Gasteiger partial charge is 0.335 e. The van der Waals surface area contributed by atoms with E-state index in [-0.39, 0.29) is 5.56 Å². The molecule has 0 radical (unpaired) electrons. The summed E-state index contributed by atoms with van der Waals surface area (Å²) in [5, 5.41) is 18.3. The highest BCUT2D eigenvalue weighted by Crippen LogP contribution is 2.29. The Kier molecular flexibility index (Phi) is 3.87. The molecule has 25 heavy (non-hydrogen) atoms. The van der Waals surface area contributed by atoms with E-state index in [4.69, 9.17) is 16.7 Å².